The third-order valence-corrected chi connectivity index (χ3v) is 5.85. The summed E-state index contributed by atoms with van der Waals surface area (Å²) in [4.78, 5) is 12.2. The molecular weight excluding hydrogens is 374 g/mol. The first-order valence-corrected chi connectivity index (χ1v) is 10.4. The van der Waals surface area contributed by atoms with Crippen LogP contribution < -0.4 is 0 Å². The SMILES string of the molecule is CSC1=Nc2cc(C)c(C)cc2C(c2ccccc2Cl)=NC1=C(C)N(C)C. The van der Waals surface area contributed by atoms with Crippen LogP contribution in [0.2, 0.25) is 5.02 Å². The number of nitrogens with zero attached hydrogens (tertiary/aromatic N) is 3. The number of fused-ring (bicyclic) bond motifs is 1. The average molecular weight is 398 g/mol. The Morgan fingerprint density at radius 2 is 1.67 bits per heavy atom. The maximum absolute atomic E-state index is 6.56. The minimum absolute atomic E-state index is 0.690. The molecule has 2 aromatic rings. The number of aryl methyl sites for hydroxylation is 2. The fourth-order valence-electron chi connectivity index (χ4n) is 2.91. The number of rotatable bonds is 2. The Kier molecular flexibility index (Phi) is 5.78. The molecule has 1 heterocycles. The van der Waals surface area contributed by atoms with E-state index in [1.807, 2.05) is 44.6 Å². The predicted octanol–water partition coefficient (Wildman–Crippen LogP) is 5.99. The Hall–Kier alpha value is -2.04. The van der Waals surface area contributed by atoms with Crippen LogP contribution in [0.1, 0.15) is 29.2 Å². The molecule has 0 amide bonds. The highest BCUT2D eigenvalue weighted by Gasteiger charge is 2.23. The van der Waals surface area contributed by atoms with Crippen molar-refractivity contribution in [3.63, 3.8) is 0 Å². The Morgan fingerprint density at radius 3 is 2.30 bits per heavy atom. The van der Waals surface area contributed by atoms with Gasteiger partial charge < -0.3 is 4.90 Å². The summed E-state index contributed by atoms with van der Waals surface area (Å²) in [6.45, 7) is 6.30. The molecule has 1 aliphatic rings. The van der Waals surface area contributed by atoms with Gasteiger partial charge in [0.05, 0.1) is 11.4 Å². The first-order chi connectivity index (χ1) is 12.8. The third kappa shape index (κ3) is 3.83. The second-order valence-corrected chi connectivity index (χ2v) is 8.05. The second kappa shape index (κ2) is 7.91. The fourth-order valence-corrected chi connectivity index (χ4v) is 3.72. The summed E-state index contributed by atoms with van der Waals surface area (Å²) in [5, 5.41) is 1.60. The highest BCUT2D eigenvalue weighted by molar-refractivity contribution is 8.13. The molecular formula is C22H24ClN3S. The second-order valence-electron chi connectivity index (χ2n) is 6.84. The van der Waals surface area contributed by atoms with Crippen molar-refractivity contribution in [2.24, 2.45) is 9.98 Å². The number of benzene rings is 2. The topological polar surface area (TPSA) is 28.0 Å². The van der Waals surface area contributed by atoms with E-state index in [1.165, 1.54) is 11.1 Å². The zero-order valence-corrected chi connectivity index (χ0v) is 18.2. The van der Waals surface area contributed by atoms with Gasteiger partial charge >= 0.3 is 0 Å². The lowest BCUT2D eigenvalue weighted by Gasteiger charge is -2.17. The van der Waals surface area contributed by atoms with E-state index < -0.39 is 0 Å². The minimum atomic E-state index is 0.690. The first-order valence-electron chi connectivity index (χ1n) is 8.80. The van der Waals surface area contributed by atoms with Crippen LogP contribution in [0.15, 0.2) is 57.8 Å². The zero-order valence-electron chi connectivity index (χ0n) is 16.6. The van der Waals surface area contributed by atoms with Crippen LogP contribution in [0.4, 0.5) is 5.69 Å². The largest absolute Gasteiger partial charge is 0.379 e. The molecule has 27 heavy (non-hydrogen) atoms. The molecule has 3 rings (SSSR count). The summed E-state index contributed by atoms with van der Waals surface area (Å²) in [7, 11) is 4.05. The molecule has 0 fully saturated rings. The zero-order chi connectivity index (χ0) is 19.7. The van der Waals surface area contributed by atoms with Crippen molar-refractivity contribution in [1.82, 2.24) is 4.90 Å². The van der Waals surface area contributed by atoms with Crippen LogP contribution in [0.5, 0.6) is 0 Å². The Balaban J connectivity index is 2.42. The van der Waals surface area contributed by atoms with Crippen molar-refractivity contribution in [1.29, 1.82) is 0 Å². The van der Waals surface area contributed by atoms with Gasteiger partial charge in [0.2, 0.25) is 0 Å². The summed E-state index contributed by atoms with van der Waals surface area (Å²) < 4.78 is 0. The Morgan fingerprint density at radius 1 is 1.00 bits per heavy atom. The van der Waals surface area contributed by atoms with Gasteiger partial charge in [-0.3, -0.25) is 0 Å². The van der Waals surface area contributed by atoms with E-state index >= 15 is 0 Å². The third-order valence-electron chi connectivity index (χ3n) is 4.85. The molecule has 0 radical (unpaired) electrons. The van der Waals surface area contributed by atoms with Crippen molar-refractivity contribution in [3.8, 4) is 0 Å². The number of hydrogen-bond donors (Lipinski definition) is 0. The number of halogens is 1. The monoisotopic (exact) mass is 397 g/mol. The molecule has 0 N–H and O–H groups in total. The van der Waals surface area contributed by atoms with Gasteiger partial charge in [-0.05, 0) is 56.4 Å². The number of aliphatic imine (C=N–C) groups is 2. The van der Waals surface area contributed by atoms with E-state index in [1.54, 1.807) is 11.8 Å². The maximum Gasteiger partial charge on any atom is 0.124 e. The van der Waals surface area contributed by atoms with Crippen molar-refractivity contribution in [2.45, 2.75) is 20.8 Å². The smallest absolute Gasteiger partial charge is 0.124 e. The number of thioether (sulfide) groups is 1. The van der Waals surface area contributed by atoms with Crippen LogP contribution in [0.25, 0.3) is 0 Å². The standard InChI is InChI=1S/C22H24ClN3S/c1-13-11-17-19(12-14(13)2)24-22(27-6)20(15(3)26(4)5)25-21(17)16-9-7-8-10-18(16)23/h7-12H,1-6H3. The van der Waals surface area contributed by atoms with Crippen LogP contribution in [-0.4, -0.2) is 36.0 Å². The number of allylic oxidation sites excluding steroid dienone is 1. The molecule has 5 heteroatoms. The van der Waals surface area contributed by atoms with Crippen LogP contribution in [-0.2, 0) is 0 Å². The number of hydrogen-bond acceptors (Lipinski definition) is 4. The molecule has 0 aliphatic carbocycles. The molecule has 1 aliphatic heterocycles. The van der Waals surface area contributed by atoms with Crippen molar-refractivity contribution < 1.29 is 0 Å². The average Bonchev–Trinajstić information content (AvgIpc) is 2.79. The van der Waals surface area contributed by atoms with Gasteiger partial charge in [-0.1, -0.05) is 29.8 Å². The van der Waals surface area contributed by atoms with Gasteiger partial charge in [0, 0.05) is 35.9 Å². The van der Waals surface area contributed by atoms with Crippen LogP contribution in [0, 0.1) is 13.8 Å². The lowest BCUT2D eigenvalue weighted by Crippen LogP contribution is -2.14. The van der Waals surface area contributed by atoms with Gasteiger partial charge in [0.1, 0.15) is 10.7 Å². The van der Waals surface area contributed by atoms with Gasteiger partial charge in [-0.25, -0.2) is 9.98 Å². The summed E-state index contributed by atoms with van der Waals surface area (Å²) in [6.07, 6.45) is 2.04. The molecule has 0 unspecified atom stereocenters. The van der Waals surface area contributed by atoms with E-state index in [2.05, 4.69) is 37.8 Å². The lowest BCUT2D eigenvalue weighted by molar-refractivity contribution is 0.509. The van der Waals surface area contributed by atoms with Crippen molar-refractivity contribution >= 4 is 39.8 Å². The molecule has 0 atom stereocenters. The van der Waals surface area contributed by atoms with E-state index in [4.69, 9.17) is 21.6 Å². The van der Waals surface area contributed by atoms with Crippen molar-refractivity contribution in [3.05, 3.63) is 75.1 Å². The van der Waals surface area contributed by atoms with Crippen molar-refractivity contribution in [2.75, 3.05) is 20.4 Å². The summed E-state index contributed by atoms with van der Waals surface area (Å²) >= 11 is 8.17. The first kappa shape index (κ1) is 19.7. The molecule has 140 valence electrons. The summed E-state index contributed by atoms with van der Waals surface area (Å²) in [5.41, 5.74) is 8.11. The Bertz CT molecular complexity index is 987. The van der Waals surface area contributed by atoms with E-state index in [0.717, 1.165) is 39.0 Å². The lowest BCUT2D eigenvalue weighted by atomic mass is 9.96. The van der Waals surface area contributed by atoms with Gasteiger partial charge in [-0.2, -0.15) is 0 Å². The van der Waals surface area contributed by atoms with E-state index in [-0.39, 0.29) is 0 Å². The van der Waals surface area contributed by atoms with Crippen LogP contribution >= 0.6 is 23.4 Å². The molecule has 3 nitrogen and oxygen atoms in total. The molecule has 2 aromatic carbocycles. The molecule has 0 saturated heterocycles. The van der Waals surface area contributed by atoms with Gasteiger partial charge in [0.15, 0.2) is 0 Å². The summed E-state index contributed by atoms with van der Waals surface area (Å²) in [5.74, 6) is 0. The highest BCUT2D eigenvalue weighted by Crippen LogP contribution is 2.35. The molecule has 0 bridgehead atoms. The van der Waals surface area contributed by atoms with Gasteiger partial charge in [0.25, 0.3) is 0 Å². The van der Waals surface area contributed by atoms with Crippen LogP contribution in [0.3, 0.4) is 0 Å². The Labute approximate surface area is 170 Å². The molecule has 0 aromatic heterocycles. The summed E-state index contributed by atoms with van der Waals surface area (Å²) in [6, 6.07) is 12.2. The molecule has 0 saturated carbocycles. The van der Waals surface area contributed by atoms with E-state index in [9.17, 15) is 0 Å². The van der Waals surface area contributed by atoms with Gasteiger partial charge in [-0.15, -0.1) is 11.8 Å². The highest BCUT2D eigenvalue weighted by atomic mass is 35.5. The molecule has 0 spiro atoms. The maximum atomic E-state index is 6.56. The quantitative estimate of drug-likeness (QED) is 0.622. The predicted molar refractivity (Wildman–Crippen MR) is 120 cm³/mol. The van der Waals surface area contributed by atoms with E-state index in [0.29, 0.717) is 5.02 Å². The minimum Gasteiger partial charge on any atom is -0.379 e. The fraction of sp³-hybridized carbons (Fsp3) is 0.273. The normalized spacial score (nSPS) is 15.5.